The Hall–Kier alpha value is -1.56. The van der Waals surface area contributed by atoms with Gasteiger partial charge >= 0.3 is 6.03 Å². The second kappa shape index (κ2) is 5.35. The first-order valence-electron chi connectivity index (χ1n) is 4.61. The van der Waals surface area contributed by atoms with Gasteiger partial charge < -0.3 is 14.6 Å². The maximum absolute atomic E-state index is 11.3. The Morgan fingerprint density at radius 2 is 2.47 bits per heavy atom. The number of hydrogen-bond donors (Lipinski definition) is 2. The smallest absolute Gasteiger partial charge is 0.320 e. The molecular weight excluding hydrogens is 198 g/mol. The number of aromatic nitrogens is 1. The summed E-state index contributed by atoms with van der Waals surface area (Å²) in [5.74, 6) is 1.05. The molecule has 0 fully saturated rings. The highest BCUT2D eigenvalue weighted by Crippen LogP contribution is 2.06. The van der Waals surface area contributed by atoms with Gasteiger partial charge in [0.15, 0.2) is 5.82 Å². The minimum atomic E-state index is -0.326. The number of hydrogen-bond acceptors (Lipinski definition) is 4. The minimum absolute atomic E-state index is 0.0528. The second-order valence-electron chi connectivity index (χ2n) is 3.28. The number of aryl methyl sites for hydroxylation is 1. The number of carbonyl (C=O) groups is 1. The van der Waals surface area contributed by atoms with Gasteiger partial charge in [-0.25, -0.2) is 4.79 Å². The number of amides is 2. The molecule has 1 heterocycles. The van der Waals surface area contributed by atoms with E-state index in [1.54, 1.807) is 20.1 Å². The van der Waals surface area contributed by atoms with E-state index in [0.29, 0.717) is 18.2 Å². The molecule has 2 amide bonds. The largest absolute Gasteiger partial charge is 0.383 e. The molecule has 0 radical (unpaired) electrons. The maximum Gasteiger partial charge on any atom is 0.320 e. The van der Waals surface area contributed by atoms with Crippen LogP contribution in [0.4, 0.5) is 10.6 Å². The van der Waals surface area contributed by atoms with Crippen molar-refractivity contribution in [2.45, 2.75) is 19.9 Å². The molecule has 1 atom stereocenters. The highest BCUT2D eigenvalue weighted by atomic mass is 16.5. The molecule has 84 valence electrons. The second-order valence-corrected chi connectivity index (χ2v) is 3.28. The quantitative estimate of drug-likeness (QED) is 0.786. The fourth-order valence-electron chi connectivity index (χ4n) is 1.09. The van der Waals surface area contributed by atoms with Crippen molar-refractivity contribution in [1.82, 2.24) is 10.5 Å². The van der Waals surface area contributed by atoms with E-state index in [2.05, 4.69) is 15.8 Å². The number of ether oxygens (including phenoxy) is 1. The summed E-state index contributed by atoms with van der Waals surface area (Å²) in [6.07, 6.45) is 0. The van der Waals surface area contributed by atoms with Crippen LogP contribution in [0, 0.1) is 6.92 Å². The van der Waals surface area contributed by atoms with Crippen molar-refractivity contribution in [2.75, 3.05) is 19.0 Å². The summed E-state index contributed by atoms with van der Waals surface area (Å²) in [4.78, 5) is 11.3. The molecule has 0 saturated carbocycles. The van der Waals surface area contributed by atoms with Crippen LogP contribution < -0.4 is 10.6 Å². The van der Waals surface area contributed by atoms with Gasteiger partial charge in [-0.1, -0.05) is 5.16 Å². The fraction of sp³-hybridized carbons (Fsp3) is 0.556. The molecule has 0 aliphatic rings. The van der Waals surface area contributed by atoms with E-state index < -0.39 is 0 Å². The lowest BCUT2D eigenvalue weighted by atomic mass is 10.4. The summed E-state index contributed by atoms with van der Waals surface area (Å²) in [5, 5.41) is 8.85. The maximum atomic E-state index is 11.3. The predicted molar refractivity (Wildman–Crippen MR) is 54.7 cm³/mol. The highest BCUT2D eigenvalue weighted by molar-refractivity contribution is 5.88. The summed E-state index contributed by atoms with van der Waals surface area (Å²) >= 11 is 0. The van der Waals surface area contributed by atoms with Gasteiger partial charge in [0.05, 0.1) is 12.6 Å². The zero-order valence-corrected chi connectivity index (χ0v) is 9.03. The summed E-state index contributed by atoms with van der Waals surface area (Å²) in [6.45, 7) is 4.06. The number of methoxy groups -OCH3 is 1. The summed E-state index contributed by atoms with van der Waals surface area (Å²) in [5.41, 5.74) is 0. The Labute approximate surface area is 88.0 Å². The van der Waals surface area contributed by atoms with Gasteiger partial charge in [0.2, 0.25) is 0 Å². The van der Waals surface area contributed by atoms with Crippen molar-refractivity contribution in [3.63, 3.8) is 0 Å². The number of anilines is 1. The van der Waals surface area contributed by atoms with Crippen LogP contribution in [-0.4, -0.2) is 30.9 Å². The first-order chi connectivity index (χ1) is 7.11. The molecule has 0 saturated heterocycles. The van der Waals surface area contributed by atoms with E-state index >= 15 is 0 Å². The van der Waals surface area contributed by atoms with Gasteiger partial charge in [-0.15, -0.1) is 0 Å². The lowest BCUT2D eigenvalue weighted by Gasteiger charge is -2.12. The van der Waals surface area contributed by atoms with E-state index in [4.69, 9.17) is 9.26 Å². The van der Waals surface area contributed by atoms with Crippen LogP contribution in [0.1, 0.15) is 12.7 Å². The van der Waals surface area contributed by atoms with Crippen molar-refractivity contribution >= 4 is 11.8 Å². The third-order valence-corrected chi connectivity index (χ3v) is 1.66. The Morgan fingerprint density at radius 3 is 3.00 bits per heavy atom. The van der Waals surface area contributed by atoms with Crippen LogP contribution >= 0.6 is 0 Å². The molecule has 0 aliphatic heterocycles. The molecular formula is C9H15N3O3. The molecule has 1 aromatic rings. The van der Waals surface area contributed by atoms with E-state index in [9.17, 15) is 4.79 Å². The molecule has 0 aromatic carbocycles. The lowest BCUT2D eigenvalue weighted by molar-refractivity contribution is 0.173. The average Bonchev–Trinajstić information content (AvgIpc) is 2.51. The molecule has 6 heteroatoms. The Bertz CT molecular complexity index is 324. The SMILES string of the molecule is COCC(C)NC(=O)Nc1cc(C)on1. The lowest BCUT2D eigenvalue weighted by Crippen LogP contribution is -2.38. The van der Waals surface area contributed by atoms with Crippen molar-refractivity contribution in [3.05, 3.63) is 11.8 Å². The third kappa shape index (κ3) is 3.99. The Balaban J connectivity index is 2.36. The summed E-state index contributed by atoms with van der Waals surface area (Å²) in [6, 6.07) is 1.26. The summed E-state index contributed by atoms with van der Waals surface area (Å²) < 4.78 is 9.68. The minimum Gasteiger partial charge on any atom is -0.383 e. The zero-order valence-electron chi connectivity index (χ0n) is 9.03. The molecule has 0 aliphatic carbocycles. The van der Waals surface area contributed by atoms with Crippen molar-refractivity contribution in [1.29, 1.82) is 0 Å². The standard InChI is InChI=1S/C9H15N3O3/c1-6(5-14-3)10-9(13)11-8-4-7(2)15-12-8/h4,6H,5H2,1-3H3,(H2,10,11,12,13). The fourth-order valence-corrected chi connectivity index (χ4v) is 1.09. The Morgan fingerprint density at radius 1 is 1.73 bits per heavy atom. The molecule has 6 nitrogen and oxygen atoms in total. The number of carbonyl (C=O) groups excluding carboxylic acids is 1. The number of nitrogens with one attached hydrogen (secondary N) is 2. The monoisotopic (exact) mass is 213 g/mol. The topological polar surface area (TPSA) is 76.4 Å². The Kier molecular flexibility index (Phi) is 4.11. The van der Waals surface area contributed by atoms with Crippen LogP contribution in [0.3, 0.4) is 0 Å². The van der Waals surface area contributed by atoms with Crippen molar-refractivity contribution < 1.29 is 14.1 Å². The number of urea groups is 1. The van der Waals surface area contributed by atoms with Crippen molar-refractivity contribution in [3.8, 4) is 0 Å². The van der Waals surface area contributed by atoms with Gasteiger partial charge in [0.1, 0.15) is 5.76 Å². The van der Waals surface area contributed by atoms with Crippen LogP contribution in [-0.2, 0) is 4.74 Å². The number of rotatable bonds is 4. The first kappa shape index (κ1) is 11.5. The molecule has 15 heavy (non-hydrogen) atoms. The molecule has 0 bridgehead atoms. The van der Waals surface area contributed by atoms with Gasteiger partial charge in [-0.3, -0.25) is 5.32 Å². The van der Waals surface area contributed by atoms with Gasteiger partial charge in [0.25, 0.3) is 0 Å². The zero-order chi connectivity index (χ0) is 11.3. The summed E-state index contributed by atoms with van der Waals surface area (Å²) in [7, 11) is 1.58. The van der Waals surface area contributed by atoms with E-state index in [1.807, 2.05) is 6.92 Å². The average molecular weight is 213 g/mol. The van der Waals surface area contributed by atoms with Crippen LogP contribution in [0.15, 0.2) is 10.6 Å². The van der Waals surface area contributed by atoms with Crippen LogP contribution in [0.2, 0.25) is 0 Å². The molecule has 0 spiro atoms. The molecule has 1 unspecified atom stereocenters. The molecule has 1 aromatic heterocycles. The molecule has 1 rings (SSSR count). The van der Waals surface area contributed by atoms with E-state index in [0.717, 1.165) is 0 Å². The third-order valence-electron chi connectivity index (χ3n) is 1.66. The van der Waals surface area contributed by atoms with E-state index in [-0.39, 0.29) is 12.1 Å². The highest BCUT2D eigenvalue weighted by Gasteiger charge is 2.08. The van der Waals surface area contributed by atoms with Gasteiger partial charge in [-0.05, 0) is 13.8 Å². The van der Waals surface area contributed by atoms with E-state index in [1.165, 1.54) is 0 Å². The van der Waals surface area contributed by atoms with Crippen LogP contribution in [0.5, 0.6) is 0 Å². The van der Waals surface area contributed by atoms with Crippen molar-refractivity contribution in [2.24, 2.45) is 0 Å². The normalized spacial score (nSPS) is 12.2. The molecule has 2 N–H and O–H groups in total. The van der Waals surface area contributed by atoms with Gasteiger partial charge in [0, 0.05) is 13.2 Å². The predicted octanol–water partition coefficient (Wildman–Crippen LogP) is 1.14. The first-order valence-corrected chi connectivity index (χ1v) is 4.61. The van der Waals surface area contributed by atoms with Crippen LogP contribution in [0.25, 0.3) is 0 Å². The number of nitrogens with zero attached hydrogens (tertiary/aromatic N) is 1. The van der Waals surface area contributed by atoms with Gasteiger partial charge in [-0.2, -0.15) is 0 Å².